The molecule has 0 saturated heterocycles. The maximum Gasteiger partial charge on any atom is 0.128 e. The monoisotopic (exact) mass is 275 g/mol. The van der Waals surface area contributed by atoms with E-state index in [4.69, 9.17) is 16.7 Å². The number of nitrogens with zero attached hydrogens (tertiary/aromatic N) is 2. The Morgan fingerprint density at radius 1 is 1.37 bits per heavy atom. The summed E-state index contributed by atoms with van der Waals surface area (Å²) < 4.78 is 2.07. The molecule has 2 aromatic rings. The first-order chi connectivity index (χ1) is 9.29. The molecule has 0 saturated carbocycles. The number of fused-ring (bicyclic) bond motifs is 1. The summed E-state index contributed by atoms with van der Waals surface area (Å²) in [6.45, 7) is 4.05. The third-order valence-electron chi connectivity index (χ3n) is 3.59. The Balaban J connectivity index is 2.13. The molecule has 1 aliphatic heterocycles. The van der Waals surface area contributed by atoms with Crippen LogP contribution >= 0.6 is 11.6 Å². The van der Waals surface area contributed by atoms with Gasteiger partial charge in [0.15, 0.2) is 0 Å². The van der Waals surface area contributed by atoms with Crippen molar-refractivity contribution in [1.29, 1.82) is 0 Å². The van der Waals surface area contributed by atoms with Gasteiger partial charge in [0.2, 0.25) is 0 Å². The number of halogens is 1. The lowest BCUT2D eigenvalue weighted by Gasteiger charge is -2.06. The lowest BCUT2D eigenvalue weighted by Crippen LogP contribution is -2.07. The van der Waals surface area contributed by atoms with Crippen LogP contribution in [0.5, 0.6) is 0 Å². The van der Waals surface area contributed by atoms with E-state index >= 15 is 0 Å². The van der Waals surface area contributed by atoms with E-state index in [1.807, 2.05) is 18.2 Å². The quantitative estimate of drug-likeness (QED) is 0.899. The number of hydrogen-bond acceptors (Lipinski definition) is 2. The molecule has 0 atom stereocenters. The van der Waals surface area contributed by atoms with Gasteiger partial charge in [0.25, 0.3) is 0 Å². The van der Waals surface area contributed by atoms with Gasteiger partial charge in [0, 0.05) is 29.2 Å². The summed E-state index contributed by atoms with van der Waals surface area (Å²) in [4.78, 5) is 0. The molecular weight excluding hydrogens is 258 g/mol. The van der Waals surface area contributed by atoms with Crippen molar-refractivity contribution in [2.45, 2.75) is 32.7 Å². The summed E-state index contributed by atoms with van der Waals surface area (Å²) in [6, 6.07) is 7.96. The van der Waals surface area contributed by atoms with E-state index in [0.717, 1.165) is 35.8 Å². The van der Waals surface area contributed by atoms with Gasteiger partial charge in [-0.2, -0.15) is 5.10 Å². The molecule has 3 rings (SSSR count). The molecule has 1 aliphatic rings. The van der Waals surface area contributed by atoms with Crippen LogP contribution in [-0.4, -0.2) is 16.3 Å². The van der Waals surface area contributed by atoms with E-state index in [0.29, 0.717) is 0 Å². The van der Waals surface area contributed by atoms with Gasteiger partial charge in [-0.05, 0) is 38.3 Å². The van der Waals surface area contributed by atoms with Gasteiger partial charge in [0.05, 0.1) is 5.69 Å². The van der Waals surface area contributed by atoms with Crippen LogP contribution in [0.1, 0.15) is 25.3 Å². The van der Waals surface area contributed by atoms with Gasteiger partial charge in [0.1, 0.15) is 5.82 Å². The summed E-state index contributed by atoms with van der Waals surface area (Å²) in [5.74, 6) is 1.19. The summed E-state index contributed by atoms with van der Waals surface area (Å²) in [5.41, 5.74) is 3.52. The third kappa shape index (κ3) is 2.35. The molecule has 0 spiro atoms. The summed E-state index contributed by atoms with van der Waals surface area (Å²) in [5, 5.41) is 9.04. The predicted molar refractivity (Wildman–Crippen MR) is 79.8 cm³/mol. The zero-order chi connectivity index (χ0) is 13.2. The predicted octanol–water partition coefficient (Wildman–Crippen LogP) is 3.97. The molecule has 1 N–H and O–H groups in total. The van der Waals surface area contributed by atoms with Gasteiger partial charge in [-0.1, -0.05) is 23.7 Å². The van der Waals surface area contributed by atoms with Crippen LogP contribution in [0.15, 0.2) is 24.3 Å². The van der Waals surface area contributed by atoms with Gasteiger partial charge in [-0.3, -0.25) is 0 Å². The number of benzene rings is 1. The average Bonchev–Trinajstić information content (AvgIpc) is 2.59. The number of aryl methyl sites for hydroxylation is 1. The normalized spacial score (nSPS) is 14.6. The Morgan fingerprint density at radius 3 is 3.05 bits per heavy atom. The second-order valence-electron chi connectivity index (χ2n) is 4.89. The minimum atomic E-state index is 0.763. The Kier molecular flexibility index (Phi) is 3.47. The fourth-order valence-electron chi connectivity index (χ4n) is 2.66. The van der Waals surface area contributed by atoms with Crippen LogP contribution in [0, 0.1) is 0 Å². The van der Waals surface area contributed by atoms with E-state index in [2.05, 4.69) is 23.0 Å². The Morgan fingerprint density at radius 2 is 2.26 bits per heavy atom. The molecular formula is C15H18ClN3. The largest absolute Gasteiger partial charge is 0.370 e. The standard InChI is InChI=1S/C15H18ClN3/c1-2-19-15-13(8-3-4-9-17-15)14(18-19)11-6-5-7-12(16)10-11/h5-7,10,17H,2-4,8-9H2,1H3. The van der Waals surface area contributed by atoms with Gasteiger partial charge < -0.3 is 5.32 Å². The first kappa shape index (κ1) is 12.5. The van der Waals surface area contributed by atoms with Crippen molar-refractivity contribution in [3.8, 4) is 11.3 Å². The van der Waals surface area contributed by atoms with Crippen molar-refractivity contribution in [3.05, 3.63) is 34.9 Å². The summed E-state index contributed by atoms with van der Waals surface area (Å²) in [6.07, 6.45) is 3.51. The molecule has 100 valence electrons. The fourth-order valence-corrected chi connectivity index (χ4v) is 2.85. The molecule has 0 fully saturated rings. The lowest BCUT2D eigenvalue weighted by atomic mass is 10.0. The number of hydrogen-bond donors (Lipinski definition) is 1. The Labute approximate surface area is 118 Å². The zero-order valence-corrected chi connectivity index (χ0v) is 11.9. The topological polar surface area (TPSA) is 29.9 Å². The van der Waals surface area contributed by atoms with Crippen molar-refractivity contribution in [2.24, 2.45) is 0 Å². The van der Waals surface area contributed by atoms with Gasteiger partial charge >= 0.3 is 0 Å². The molecule has 2 heterocycles. The number of aromatic nitrogens is 2. The Bertz CT molecular complexity index is 589. The summed E-state index contributed by atoms with van der Waals surface area (Å²) in [7, 11) is 0. The first-order valence-corrected chi connectivity index (χ1v) is 7.27. The molecule has 0 unspecified atom stereocenters. The van der Waals surface area contributed by atoms with Crippen LogP contribution in [0.2, 0.25) is 5.02 Å². The van der Waals surface area contributed by atoms with Gasteiger partial charge in [-0.15, -0.1) is 0 Å². The maximum absolute atomic E-state index is 6.10. The van der Waals surface area contributed by atoms with Crippen LogP contribution in [0.3, 0.4) is 0 Å². The smallest absolute Gasteiger partial charge is 0.128 e. The van der Waals surface area contributed by atoms with Crippen LogP contribution in [0.25, 0.3) is 11.3 Å². The van der Waals surface area contributed by atoms with Crippen molar-refractivity contribution in [1.82, 2.24) is 9.78 Å². The number of anilines is 1. The minimum Gasteiger partial charge on any atom is -0.370 e. The molecule has 0 radical (unpaired) electrons. The maximum atomic E-state index is 6.10. The number of rotatable bonds is 2. The highest BCUT2D eigenvalue weighted by atomic mass is 35.5. The zero-order valence-electron chi connectivity index (χ0n) is 11.1. The molecule has 1 aromatic carbocycles. The van der Waals surface area contributed by atoms with Crippen LogP contribution in [-0.2, 0) is 13.0 Å². The average molecular weight is 276 g/mol. The second-order valence-corrected chi connectivity index (χ2v) is 5.32. The second kappa shape index (κ2) is 5.25. The highest BCUT2D eigenvalue weighted by Crippen LogP contribution is 2.32. The van der Waals surface area contributed by atoms with E-state index in [-0.39, 0.29) is 0 Å². The van der Waals surface area contributed by atoms with Crippen molar-refractivity contribution < 1.29 is 0 Å². The van der Waals surface area contributed by atoms with Crippen LogP contribution < -0.4 is 5.32 Å². The molecule has 19 heavy (non-hydrogen) atoms. The van der Waals surface area contributed by atoms with Crippen molar-refractivity contribution in [3.63, 3.8) is 0 Å². The third-order valence-corrected chi connectivity index (χ3v) is 3.83. The van der Waals surface area contributed by atoms with Crippen LogP contribution in [0.4, 0.5) is 5.82 Å². The highest BCUT2D eigenvalue weighted by molar-refractivity contribution is 6.30. The SMILES string of the molecule is CCn1nc(-c2cccc(Cl)c2)c2c1NCCCC2. The van der Waals surface area contributed by atoms with E-state index < -0.39 is 0 Å². The van der Waals surface area contributed by atoms with Gasteiger partial charge in [-0.25, -0.2) is 4.68 Å². The molecule has 1 aromatic heterocycles. The van der Waals surface area contributed by atoms with E-state index in [1.54, 1.807) is 0 Å². The van der Waals surface area contributed by atoms with E-state index in [1.165, 1.54) is 24.2 Å². The van der Waals surface area contributed by atoms with Crippen molar-refractivity contribution in [2.75, 3.05) is 11.9 Å². The lowest BCUT2D eigenvalue weighted by molar-refractivity contribution is 0.665. The fraction of sp³-hybridized carbons (Fsp3) is 0.400. The number of nitrogens with one attached hydrogen (secondary N) is 1. The first-order valence-electron chi connectivity index (χ1n) is 6.89. The van der Waals surface area contributed by atoms with Crippen molar-refractivity contribution >= 4 is 17.4 Å². The molecule has 0 bridgehead atoms. The molecule has 3 nitrogen and oxygen atoms in total. The molecule has 0 amide bonds. The molecule has 4 heteroatoms. The minimum absolute atomic E-state index is 0.763. The summed E-state index contributed by atoms with van der Waals surface area (Å²) >= 11 is 6.10. The van der Waals surface area contributed by atoms with E-state index in [9.17, 15) is 0 Å². The Hall–Kier alpha value is -1.48. The molecule has 0 aliphatic carbocycles. The highest BCUT2D eigenvalue weighted by Gasteiger charge is 2.19.